The summed E-state index contributed by atoms with van der Waals surface area (Å²) in [6.45, 7) is 3.18. The first kappa shape index (κ1) is 12.7. The summed E-state index contributed by atoms with van der Waals surface area (Å²) < 4.78 is 2.07. The van der Waals surface area contributed by atoms with Crippen molar-refractivity contribution in [1.82, 2.24) is 14.8 Å². The van der Waals surface area contributed by atoms with E-state index < -0.39 is 0 Å². The van der Waals surface area contributed by atoms with Crippen LogP contribution in [-0.2, 0) is 6.54 Å². The van der Waals surface area contributed by atoms with Gasteiger partial charge in [0.2, 0.25) is 5.28 Å². The molecule has 100 valence electrons. The average molecular weight is 276 g/mol. The van der Waals surface area contributed by atoms with Crippen LogP contribution in [0.1, 0.15) is 32.6 Å². The number of halogens is 1. The zero-order valence-electron chi connectivity index (χ0n) is 11.1. The highest BCUT2D eigenvalue weighted by Crippen LogP contribution is 2.51. The summed E-state index contributed by atoms with van der Waals surface area (Å²) in [4.78, 5) is 0. The molecule has 0 spiro atoms. The fourth-order valence-electron chi connectivity index (χ4n) is 2.75. The molecule has 0 aliphatic heterocycles. The average Bonchev–Trinajstić information content (AvgIpc) is 3.09. The Labute approximate surface area is 118 Å². The summed E-state index contributed by atoms with van der Waals surface area (Å²) in [7, 11) is 0. The van der Waals surface area contributed by atoms with E-state index in [1.807, 2.05) is 18.2 Å². The van der Waals surface area contributed by atoms with E-state index in [1.165, 1.54) is 25.7 Å². The van der Waals surface area contributed by atoms with Gasteiger partial charge in [-0.3, -0.25) is 4.57 Å². The molecular formula is C15H18ClN3. The van der Waals surface area contributed by atoms with Gasteiger partial charge >= 0.3 is 0 Å². The second kappa shape index (κ2) is 4.97. The van der Waals surface area contributed by atoms with Crippen molar-refractivity contribution >= 4 is 11.6 Å². The minimum atomic E-state index is 0.435. The molecule has 1 heterocycles. The largest absolute Gasteiger partial charge is 0.297 e. The molecule has 3 rings (SSSR count). The number of hydrogen-bond acceptors (Lipinski definition) is 2. The first-order chi connectivity index (χ1) is 9.24. The van der Waals surface area contributed by atoms with Crippen LogP contribution in [0.5, 0.6) is 0 Å². The van der Waals surface area contributed by atoms with Crippen LogP contribution in [0.25, 0.3) is 11.4 Å². The Morgan fingerprint density at radius 1 is 1.21 bits per heavy atom. The molecule has 19 heavy (non-hydrogen) atoms. The summed E-state index contributed by atoms with van der Waals surface area (Å²) >= 11 is 6.22. The van der Waals surface area contributed by atoms with Crippen LogP contribution in [0.4, 0.5) is 0 Å². The summed E-state index contributed by atoms with van der Waals surface area (Å²) in [5.41, 5.74) is 1.51. The Morgan fingerprint density at radius 2 is 1.95 bits per heavy atom. The van der Waals surface area contributed by atoms with Gasteiger partial charge in [-0.1, -0.05) is 43.7 Å². The molecule has 1 fully saturated rings. The molecule has 1 aliphatic carbocycles. The minimum absolute atomic E-state index is 0.435. The number of aromatic nitrogens is 3. The summed E-state index contributed by atoms with van der Waals surface area (Å²) in [5.74, 6) is 0.882. The minimum Gasteiger partial charge on any atom is -0.297 e. The zero-order valence-corrected chi connectivity index (χ0v) is 11.9. The predicted octanol–water partition coefficient (Wildman–Crippen LogP) is 4.18. The van der Waals surface area contributed by atoms with Crippen LogP contribution in [0.3, 0.4) is 0 Å². The van der Waals surface area contributed by atoms with E-state index in [0.717, 1.165) is 17.9 Å². The highest BCUT2D eigenvalue weighted by molar-refractivity contribution is 6.28. The van der Waals surface area contributed by atoms with Crippen molar-refractivity contribution in [1.29, 1.82) is 0 Å². The monoisotopic (exact) mass is 275 g/mol. The Bertz CT molecular complexity index is 558. The van der Waals surface area contributed by atoms with Crippen LogP contribution in [0, 0.1) is 5.41 Å². The molecule has 0 N–H and O–H groups in total. The molecule has 1 aromatic carbocycles. The fourth-order valence-corrected chi connectivity index (χ4v) is 2.93. The number of rotatable bonds is 5. The molecule has 3 nitrogen and oxygen atoms in total. The standard InChI is InChI=1S/C15H18ClN3/c1-2-8-15(9-10-15)11-19-13(17-18-14(19)16)12-6-4-3-5-7-12/h3-7H,2,8-11H2,1H3. The maximum atomic E-state index is 6.22. The van der Waals surface area contributed by atoms with Crippen molar-refractivity contribution in [2.75, 3.05) is 0 Å². The highest BCUT2D eigenvalue weighted by Gasteiger charge is 2.42. The van der Waals surface area contributed by atoms with Gasteiger partial charge in [0.05, 0.1) is 0 Å². The smallest absolute Gasteiger partial charge is 0.225 e. The zero-order chi connectivity index (χ0) is 13.3. The number of hydrogen-bond donors (Lipinski definition) is 0. The predicted molar refractivity (Wildman–Crippen MR) is 77.0 cm³/mol. The van der Waals surface area contributed by atoms with E-state index in [2.05, 4.69) is 33.8 Å². The molecule has 1 aliphatic rings. The molecule has 0 bridgehead atoms. The molecule has 2 aromatic rings. The Hall–Kier alpha value is -1.35. The lowest BCUT2D eigenvalue weighted by molar-refractivity contribution is 0.390. The topological polar surface area (TPSA) is 30.7 Å². The van der Waals surface area contributed by atoms with E-state index in [9.17, 15) is 0 Å². The summed E-state index contributed by atoms with van der Waals surface area (Å²) in [6.07, 6.45) is 5.07. The second-order valence-corrected chi connectivity index (χ2v) is 5.83. The van der Waals surface area contributed by atoms with Crippen molar-refractivity contribution in [3.05, 3.63) is 35.6 Å². The molecular weight excluding hydrogens is 258 g/mol. The molecule has 1 aromatic heterocycles. The van der Waals surface area contributed by atoms with E-state index in [1.54, 1.807) is 0 Å². The molecule has 0 radical (unpaired) electrons. The van der Waals surface area contributed by atoms with Gasteiger partial charge < -0.3 is 0 Å². The fraction of sp³-hybridized carbons (Fsp3) is 0.467. The SMILES string of the molecule is CCCC1(Cn2c(Cl)nnc2-c2ccccc2)CC1. The quantitative estimate of drug-likeness (QED) is 0.820. The van der Waals surface area contributed by atoms with E-state index in [-0.39, 0.29) is 0 Å². The van der Waals surface area contributed by atoms with Crippen LogP contribution in [-0.4, -0.2) is 14.8 Å². The van der Waals surface area contributed by atoms with Gasteiger partial charge in [-0.05, 0) is 36.3 Å². The van der Waals surface area contributed by atoms with Crippen molar-refractivity contribution in [2.45, 2.75) is 39.2 Å². The van der Waals surface area contributed by atoms with Gasteiger partial charge in [0, 0.05) is 12.1 Å². The molecule has 4 heteroatoms. The molecule has 0 atom stereocenters. The third-order valence-electron chi connectivity index (χ3n) is 3.97. The van der Waals surface area contributed by atoms with E-state index in [0.29, 0.717) is 10.7 Å². The first-order valence-corrected chi connectivity index (χ1v) is 7.26. The summed E-state index contributed by atoms with van der Waals surface area (Å²) in [5, 5.41) is 8.78. The molecule has 0 unspecified atom stereocenters. The van der Waals surface area contributed by atoms with Gasteiger partial charge in [-0.25, -0.2) is 0 Å². The van der Waals surface area contributed by atoms with Gasteiger partial charge in [0.25, 0.3) is 0 Å². The van der Waals surface area contributed by atoms with Crippen LogP contribution in [0.15, 0.2) is 30.3 Å². The van der Waals surface area contributed by atoms with Crippen molar-refractivity contribution in [2.24, 2.45) is 5.41 Å². The third-order valence-corrected chi connectivity index (χ3v) is 4.25. The molecule has 0 saturated heterocycles. The van der Waals surface area contributed by atoms with E-state index >= 15 is 0 Å². The second-order valence-electron chi connectivity index (χ2n) is 5.49. The summed E-state index contributed by atoms with van der Waals surface area (Å²) in [6, 6.07) is 10.1. The maximum absolute atomic E-state index is 6.22. The van der Waals surface area contributed by atoms with Crippen molar-refractivity contribution in [3.8, 4) is 11.4 Å². The first-order valence-electron chi connectivity index (χ1n) is 6.88. The van der Waals surface area contributed by atoms with Gasteiger partial charge in [0.1, 0.15) is 0 Å². The lowest BCUT2D eigenvalue weighted by Gasteiger charge is -2.16. The van der Waals surface area contributed by atoms with Crippen LogP contribution in [0.2, 0.25) is 5.28 Å². The van der Waals surface area contributed by atoms with Gasteiger partial charge in [-0.2, -0.15) is 0 Å². The van der Waals surface area contributed by atoms with Crippen LogP contribution < -0.4 is 0 Å². The Kier molecular flexibility index (Phi) is 3.31. The lowest BCUT2D eigenvalue weighted by atomic mass is 10.0. The van der Waals surface area contributed by atoms with E-state index in [4.69, 9.17) is 11.6 Å². The maximum Gasteiger partial charge on any atom is 0.225 e. The lowest BCUT2D eigenvalue weighted by Crippen LogP contribution is -2.13. The van der Waals surface area contributed by atoms with Crippen molar-refractivity contribution < 1.29 is 0 Å². The van der Waals surface area contributed by atoms with Crippen LogP contribution >= 0.6 is 11.6 Å². The Balaban J connectivity index is 1.92. The highest BCUT2D eigenvalue weighted by atomic mass is 35.5. The molecule has 1 saturated carbocycles. The third kappa shape index (κ3) is 2.52. The molecule has 0 amide bonds. The van der Waals surface area contributed by atoms with Crippen molar-refractivity contribution in [3.63, 3.8) is 0 Å². The Morgan fingerprint density at radius 3 is 2.58 bits per heavy atom. The number of nitrogens with zero attached hydrogens (tertiary/aromatic N) is 3. The normalized spacial score (nSPS) is 16.5. The number of benzene rings is 1. The van der Waals surface area contributed by atoms with Gasteiger partial charge in [-0.15, -0.1) is 10.2 Å². The van der Waals surface area contributed by atoms with Gasteiger partial charge in [0.15, 0.2) is 5.82 Å².